The van der Waals surface area contributed by atoms with E-state index in [4.69, 9.17) is 0 Å². The molecule has 4 nitrogen and oxygen atoms in total. The highest BCUT2D eigenvalue weighted by Crippen LogP contribution is 2.26. The summed E-state index contributed by atoms with van der Waals surface area (Å²) in [7, 11) is 0. The van der Waals surface area contributed by atoms with E-state index in [2.05, 4.69) is 53.6 Å². The van der Waals surface area contributed by atoms with Crippen molar-refractivity contribution < 1.29 is 4.79 Å². The van der Waals surface area contributed by atoms with Crippen LogP contribution in [0.4, 0.5) is 10.5 Å². The fraction of sp³-hybridized carbons (Fsp3) is 0.533. The summed E-state index contributed by atoms with van der Waals surface area (Å²) in [5.41, 5.74) is 2.72. The van der Waals surface area contributed by atoms with E-state index in [0.717, 1.165) is 26.1 Å². The highest BCUT2D eigenvalue weighted by Gasteiger charge is 2.17. The average molecular weight is 261 g/mol. The molecule has 0 atom stereocenters. The Morgan fingerprint density at radius 2 is 2.11 bits per heavy atom. The van der Waals surface area contributed by atoms with Gasteiger partial charge in [0.1, 0.15) is 0 Å². The first-order chi connectivity index (χ1) is 9.16. The van der Waals surface area contributed by atoms with E-state index in [0.29, 0.717) is 12.5 Å². The minimum absolute atomic E-state index is 0.0683. The van der Waals surface area contributed by atoms with Gasteiger partial charge in [0.25, 0.3) is 0 Å². The molecule has 1 aromatic rings. The number of para-hydroxylation sites is 1. The number of benzene rings is 1. The van der Waals surface area contributed by atoms with Crippen molar-refractivity contribution in [2.75, 3.05) is 31.1 Å². The second-order valence-corrected chi connectivity index (χ2v) is 5.40. The number of fused-ring (bicyclic) bond motifs is 1. The Labute approximate surface area is 115 Å². The predicted octanol–water partition coefficient (Wildman–Crippen LogP) is 2.00. The van der Waals surface area contributed by atoms with Crippen molar-refractivity contribution in [1.29, 1.82) is 0 Å². The standard InChI is InChI=1S/C15H23N3O/c1-12(2)11-17-15(19)16-8-10-18-9-7-13-5-3-4-6-14(13)18/h3-6,12H,7-11H2,1-2H3,(H2,16,17,19). The van der Waals surface area contributed by atoms with E-state index in [1.807, 2.05) is 0 Å². The molecule has 0 spiro atoms. The molecular formula is C15H23N3O. The molecule has 2 amide bonds. The molecular weight excluding hydrogens is 238 g/mol. The van der Waals surface area contributed by atoms with Gasteiger partial charge in [-0.2, -0.15) is 0 Å². The smallest absolute Gasteiger partial charge is 0.314 e. The van der Waals surface area contributed by atoms with Gasteiger partial charge < -0.3 is 15.5 Å². The van der Waals surface area contributed by atoms with Gasteiger partial charge in [-0.25, -0.2) is 4.79 Å². The van der Waals surface area contributed by atoms with Gasteiger partial charge in [0.2, 0.25) is 0 Å². The Hall–Kier alpha value is -1.71. The SMILES string of the molecule is CC(C)CNC(=O)NCCN1CCc2ccccc21. The third kappa shape index (κ3) is 3.88. The van der Waals surface area contributed by atoms with Crippen molar-refractivity contribution in [2.24, 2.45) is 5.92 Å². The quantitative estimate of drug-likeness (QED) is 0.851. The molecule has 0 aliphatic carbocycles. The van der Waals surface area contributed by atoms with Crippen LogP contribution in [0.5, 0.6) is 0 Å². The number of hydrogen-bond donors (Lipinski definition) is 2. The Morgan fingerprint density at radius 3 is 2.89 bits per heavy atom. The molecule has 104 valence electrons. The second kappa shape index (κ2) is 6.45. The summed E-state index contributed by atoms with van der Waals surface area (Å²) in [4.78, 5) is 13.9. The molecule has 4 heteroatoms. The van der Waals surface area contributed by atoms with Crippen LogP contribution >= 0.6 is 0 Å². The summed E-state index contributed by atoms with van der Waals surface area (Å²) < 4.78 is 0. The van der Waals surface area contributed by atoms with Crippen LogP contribution in [0.2, 0.25) is 0 Å². The number of anilines is 1. The maximum Gasteiger partial charge on any atom is 0.314 e. The number of carbonyl (C=O) groups is 1. The highest BCUT2D eigenvalue weighted by molar-refractivity contribution is 5.73. The van der Waals surface area contributed by atoms with Crippen molar-refractivity contribution in [3.63, 3.8) is 0 Å². The van der Waals surface area contributed by atoms with E-state index in [1.54, 1.807) is 0 Å². The number of nitrogens with one attached hydrogen (secondary N) is 2. The third-order valence-electron chi connectivity index (χ3n) is 3.32. The van der Waals surface area contributed by atoms with Crippen LogP contribution in [-0.4, -0.2) is 32.2 Å². The van der Waals surface area contributed by atoms with Gasteiger partial charge in [0.15, 0.2) is 0 Å². The second-order valence-electron chi connectivity index (χ2n) is 5.40. The summed E-state index contributed by atoms with van der Waals surface area (Å²) in [6.45, 7) is 7.49. The molecule has 1 aromatic carbocycles. The molecule has 19 heavy (non-hydrogen) atoms. The number of amides is 2. The highest BCUT2D eigenvalue weighted by atomic mass is 16.2. The van der Waals surface area contributed by atoms with E-state index in [1.165, 1.54) is 11.3 Å². The molecule has 1 aliphatic rings. The lowest BCUT2D eigenvalue weighted by molar-refractivity contribution is 0.240. The van der Waals surface area contributed by atoms with Crippen LogP contribution in [0, 0.1) is 5.92 Å². The van der Waals surface area contributed by atoms with Crippen molar-refractivity contribution >= 4 is 11.7 Å². The molecule has 1 heterocycles. The summed E-state index contributed by atoms with van der Waals surface area (Å²) in [6.07, 6.45) is 1.11. The first kappa shape index (κ1) is 13.7. The van der Waals surface area contributed by atoms with E-state index in [-0.39, 0.29) is 6.03 Å². The number of urea groups is 1. The average Bonchev–Trinajstić information content (AvgIpc) is 2.80. The van der Waals surface area contributed by atoms with Crippen molar-refractivity contribution in [2.45, 2.75) is 20.3 Å². The largest absolute Gasteiger partial charge is 0.369 e. The molecule has 1 aliphatic heterocycles. The first-order valence-electron chi connectivity index (χ1n) is 7.01. The van der Waals surface area contributed by atoms with Crippen LogP contribution < -0.4 is 15.5 Å². The topological polar surface area (TPSA) is 44.4 Å². The van der Waals surface area contributed by atoms with Crippen LogP contribution in [-0.2, 0) is 6.42 Å². The minimum Gasteiger partial charge on any atom is -0.369 e. The van der Waals surface area contributed by atoms with E-state index >= 15 is 0 Å². The lowest BCUT2D eigenvalue weighted by atomic mass is 10.2. The third-order valence-corrected chi connectivity index (χ3v) is 3.32. The fourth-order valence-electron chi connectivity index (χ4n) is 2.30. The Bertz CT molecular complexity index is 431. The maximum atomic E-state index is 11.5. The zero-order chi connectivity index (χ0) is 13.7. The number of rotatable bonds is 5. The van der Waals surface area contributed by atoms with Crippen molar-refractivity contribution in [1.82, 2.24) is 10.6 Å². The molecule has 0 aromatic heterocycles. The zero-order valence-electron chi connectivity index (χ0n) is 11.8. The van der Waals surface area contributed by atoms with Crippen molar-refractivity contribution in [3.05, 3.63) is 29.8 Å². The predicted molar refractivity (Wildman–Crippen MR) is 78.6 cm³/mol. The van der Waals surface area contributed by atoms with E-state index in [9.17, 15) is 4.79 Å². The number of nitrogens with zero attached hydrogens (tertiary/aromatic N) is 1. The molecule has 2 rings (SSSR count). The fourth-order valence-corrected chi connectivity index (χ4v) is 2.30. The summed E-state index contributed by atoms with van der Waals surface area (Å²) in [6, 6.07) is 8.42. The van der Waals surface area contributed by atoms with Crippen LogP contribution in [0.25, 0.3) is 0 Å². The van der Waals surface area contributed by atoms with Gasteiger partial charge in [-0.15, -0.1) is 0 Å². The van der Waals surface area contributed by atoms with Gasteiger partial charge in [0.05, 0.1) is 0 Å². The van der Waals surface area contributed by atoms with Crippen LogP contribution in [0.15, 0.2) is 24.3 Å². The van der Waals surface area contributed by atoms with Crippen molar-refractivity contribution in [3.8, 4) is 0 Å². The number of carbonyl (C=O) groups excluding carboxylic acids is 1. The Kier molecular flexibility index (Phi) is 4.66. The van der Waals surface area contributed by atoms with Gasteiger partial charge in [-0.3, -0.25) is 0 Å². The Balaban J connectivity index is 1.71. The lowest BCUT2D eigenvalue weighted by Gasteiger charge is -2.19. The monoisotopic (exact) mass is 261 g/mol. The van der Waals surface area contributed by atoms with Gasteiger partial charge in [-0.05, 0) is 24.0 Å². The maximum absolute atomic E-state index is 11.5. The Morgan fingerprint density at radius 1 is 1.32 bits per heavy atom. The summed E-state index contributed by atoms with van der Waals surface area (Å²) in [5.74, 6) is 0.483. The normalized spacial score (nSPS) is 13.5. The summed E-state index contributed by atoms with van der Waals surface area (Å²) >= 11 is 0. The first-order valence-corrected chi connectivity index (χ1v) is 7.01. The summed E-state index contributed by atoms with van der Waals surface area (Å²) in [5, 5.41) is 5.76. The van der Waals surface area contributed by atoms with Gasteiger partial charge in [-0.1, -0.05) is 32.0 Å². The molecule has 0 unspecified atom stereocenters. The molecule has 0 radical (unpaired) electrons. The molecule has 0 saturated carbocycles. The molecule has 0 fully saturated rings. The zero-order valence-corrected chi connectivity index (χ0v) is 11.8. The van der Waals surface area contributed by atoms with Crippen LogP contribution in [0.3, 0.4) is 0 Å². The van der Waals surface area contributed by atoms with Gasteiger partial charge >= 0.3 is 6.03 Å². The van der Waals surface area contributed by atoms with E-state index < -0.39 is 0 Å². The molecule has 0 bridgehead atoms. The lowest BCUT2D eigenvalue weighted by Crippen LogP contribution is -2.41. The molecule has 0 saturated heterocycles. The minimum atomic E-state index is -0.0683. The molecule has 2 N–H and O–H groups in total. The van der Waals surface area contributed by atoms with Crippen LogP contribution in [0.1, 0.15) is 19.4 Å². The van der Waals surface area contributed by atoms with Gasteiger partial charge in [0, 0.05) is 31.9 Å². The number of hydrogen-bond acceptors (Lipinski definition) is 2.